The minimum atomic E-state index is -0.338. The molecule has 0 saturated heterocycles. The van der Waals surface area contributed by atoms with Crippen LogP contribution in [0.5, 0.6) is 11.5 Å². The van der Waals surface area contributed by atoms with Crippen molar-refractivity contribution in [3.05, 3.63) is 23.8 Å². The highest BCUT2D eigenvalue weighted by Gasteiger charge is 2.08. The number of aliphatic hydroxyl groups is 1. The predicted octanol–water partition coefficient (Wildman–Crippen LogP) is 2.34. The van der Waals surface area contributed by atoms with Crippen LogP contribution in [0.1, 0.15) is 32.8 Å². The number of hydrogen-bond donors (Lipinski definition) is 2. The fourth-order valence-corrected chi connectivity index (χ4v) is 1.64. The lowest BCUT2D eigenvalue weighted by atomic mass is 10.2. The first-order valence-electron chi connectivity index (χ1n) is 6.79. The van der Waals surface area contributed by atoms with E-state index >= 15 is 0 Å². The molecule has 0 aromatic heterocycles. The number of methoxy groups -OCH3 is 1. The van der Waals surface area contributed by atoms with Gasteiger partial charge in [-0.15, -0.1) is 0 Å². The lowest BCUT2D eigenvalue weighted by molar-refractivity contribution is 0.191. The van der Waals surface area contributed by atoms with E-state index in [0.29, 0.717) is 13.1 Å². The highest BCUT2D eigenvalue weighted by molar-refractivity contribution is 5.43. The summed E-state index contributed by atoms with van der Waals surface area (Å²) in [5.74, 6) is 1.52. The van der Waals surface area contributed by atoms with E-state index < -0.39 is 0 Å². The first kappa shape index (κ1) is 15.8. The Balaban J connectivity index is 2.67. The topological polar surface area (TPSA) is 50.7 Å². The maximum Gasteiger partial charge on any atom is 0.161 e. The van der Waals surface area contributed by atoms with Gasteiger partial charge in [0.05, 0.1) is 19.3 Å². The molecular formula is C15H25NO3. The summed E-state index contributed by atoms with van der Waals surface area (Å²) < 4.78 is 11.2. The lowest BCUT2D eigenvalue weighted by Crippen LogP contribution is -2.23. The minimum absolute atomic E-state index is 0.174. The van der Waals surface area contributed by atoms with Crippen LogP contribution in [0.15, 0.2) is 18.2 Å². The fourth-order valence-electron chi connectivity index (χ4n) is 1.64. The van der Waals surface area contributed by atoms with Crippen molar-refractivity contribution in [3.63, 3.8) is 0 Å². The van der Waals surface area contributed by atoms with Gasteiger partial charge in [0, 0.05) is 13.1 Å². The number of aliphatic hydroxyl groups excluding tert-OH is 1. The normalized spacial score (nSPS) is 13.9. The first-order chi connectivity index (χ1) is 9.06. The summed E-state index contributed by atoms with van der Waals surface area (Å²) in [5.41, 5.74) is 1.11. The Labute approximate surface area is 115 Å². The van der Waals surface area contributed by atoms with Gasteiger partial charge in [-0.2, -0.15) is 0 Å². The second-order valence-electron chi connectivity index (χ2n) is 4.80. The zero-order valence-corrected chi connectivity index (χ0v) is 12.3. The van der Waals surface area contributed by atoms with Crippen molar-refractivity contribution in [2.45, 2.75) is 45.9 Å². The summed E-state index contributed by atoms with van der Waals surface area (Å²) in [7, 11) is 1.64. The van der Waals surface area contributed by atoms with Crippen LogP contribution in [0.3, 0.4) is 0 Å². The van der Waals surface area contributed by atoms with E-state index in [4.69, 9.17) is 9.47 Å². The van der Waals surface area contributed by atoms with Crippen LogP contribution in [0.25, 0.3) is 0 Å². The van der Waals surface area contributed by atoms with E-state index in [2.05, 4.69) is 12.2 Å². The molecule has 1 rings (SSSR count). The fraction of sp³-hybridized carbons (Fsp3) is 0.600. The first-order valence-corrected chi connectivity index (χ1v) is 6.79. The van der Waals surface area contributed by atoms with E-state index in [9.17, 15) is 5.11 Å². The maximum atomic E-state index is 9.19. The van der Waals surface area contributed by atoms with Gasteiger partial charge in [-0.05, 0) is 38.0 Å². The van der Waals surface area contributed by atoms with Crippen LogP contribution < -0.4 is 14.8 Å². The molecule has 0 saturated carbocycles. The Morgan fingerprint density at radius 1 is 1.26 bits per heavy atom. The third-order valence-corrected chi connectivity index (χ3v) is 2.90. The molecule has 108 valence electrons. The van der Waals surface area contributed by atoms with Gasteiger partial charge in [0.25, 0.3) is 0 Å². The monoisotopic (exact) mass is 267 g/mol. The molecule has 19 heavy (non-hydrogen) atoms. The van der Waals surface area contributed by atoms with Crippen molar-refractivity contribution in [1.29, 1.82) is 0 Å². The molecule has 0 fully saturated rings. The summed E-state index contributed by atoms with van der Waals surface area (Å²) >= 11 is 0. The van der Waals surface area contributed by atoms with Crippen molar-refractivity contribution < 1.29 is 14.6 Å². The van der Waals surface area contributed by atoms with Gasteiger partial charge in [-0.25, -0.2) is 0 Å². The zero-order valence-electron chi connectivity index (χ0n) is 12.3. The highest BCUT2D eigenvalue weighted by atomic mass is 16.5. The largest absolute Gasteiger partial charge is 0.493 e. The molecule has 1 aromatic carbocycles. The van der Waals surface area contributed by atoms with Crippen molar-refractivity contribution >= 4 is 0 Å². The molecule has 0 spiro atoms. The SMILES string of the molecule is CCC(C)Oc1ccc(CNCC(C)O)cc1OC. The molecule has 0 heterocycles. The average molecular weight is 267 g/mol. The van der Waals surface area contributed by atoms with Crippen LogP contribution in [0.4, 0.5) is 0 Å². The molecule has 2 N–H and O–H groups in total. The molecule has 0 aliphatic carbocycles. The Morgan fingerprint density at radius 3 is 2.58 bits per heavy atom. The summed E-state index contributed by atoms with van der Waals surface area (Å²) in [4.78, 5) is 0. The van der Waals surface area contributed by atoms with Crippen molar-refractivity contribution in [2.24, 2.45) is 0 Å². The van der Waals surface area contributed by atoms with Crippen molar-refractivity contribution in [1.82, 2.24) is 5.32 Å². The van der Waals surface area contributed by atoms with Crippen LogP contribution >= 0.6 is 0 Å². The van der Waals surface area contributed by atoms with Gasteiger partial charge in [0.1, 0.15) is 0 Å². The number of benzene rings is 1. The standard InChI is InChI=1S/C15H25NO3/c1-5-12(3)19-14-7-6-13(8-15(14)18-4)10-16-9-11(2)17/h6-8,11-12,16-17H,5,9-10H2,1-4H3. The predicted molar refractivity (Wildman–Crippen MR) is 76.8 cm³/mol. The van der Waals surface area contributed by atoms with Crippen LogP contribution in [0.2, 0.25) is 0 Å². The molecule has 2 atom stereocenters. The summed E-state index contributed by atoms with van der Waals surface area (Å²) in [5, 5.41) is 12.4. The van der Waals surface area contributed by atoms with Crippen LogP contribution in [0, 0.1) is 0 Å². The van der Waals surface area contributed by atoms with E-state index in [1.165, 1.54) is 0 Å². The molecular weight excluding hydrogens is 242 g/mol. The van der Waals surface area contributed by atoms with Crippen molar-refractivity contribution in [3.8, 4) is 11.5 Å². The molecule has 4 nitrogen and oxygen atoms in total. The molecule has 0 aliphatic heterocycles. The molecule has 0 amide bonds. The summed E-state index contributed by atoms with van der Waals surface area (Å²) in [6.07, 6.45) is 0.795. The smallest absolute Gasteiger partial charge is 0.161 e. The quantitative estimate of drug-likeness (QED) is 0.759. The lowest BCUT2D eigenvalue weighted by Gasteiger charge is -2.16. The number of nitrogens with one attached hydrogen (secondary N) is 1. The second kappa shape index (κ2) is 8.02. The number of ether oxygens (including phenoxy) is 2. The number of hydrogen-bond acceptors (Lipinski definition) is 4. The van der Waals surface area contributed by atoms with E-state index in [1.54, 1.807) is 14.0 Å². The van der Waals surface area contributed by atoms with Crippen LogP contribution in [-0.2, 0) is 6.54 Å². The Kier molecular flexibility index (Phi) is 6.67. The highest BCUT2D eigenvalue weighted by Crippen LogP contribution is 2.29. The second-order valence-corrected chi connectivity index (χ2v) is 4.80. The van der Waals surface area contributed by atoms with Gasteiger partial charge >= 0.3 is 0 Å². The van der Waals surface area contributed by atoms with Gasteiger partial charge < -0.3 is 19.9 Å². The molecule has 0 radical (unpaired) electrons. The third-order valence-electron chi connectivity index (χ3n) is 2.90. The molecule has 1 aromatic rings. The molecule has 0 bridgehead atoms. The van der Waals surface area contributed by atoms with Gasteiger partial charge in [-0.3, -0.25) is 0 Å². The maximum absolute atomic E-state index is 9.19. The van der Waals surface area contributed by atoms with Crippen molar-refractivity contribution in [2.75, 3.05) is 13.7 Å². The Hall–Kier alpha value is -1.26. The Bertz CT molecular complexity index is 380. The van der Waals surface area contributed by atoms with Gasteiger partial charge in [0.15, 0.2) is 11.5 Å². The third kappa shape index (κ3) is 5.49. The minimum Gasteiger partial charge on any atom is -0.493 e. The van der Waals surface area contributed by atoms with Gasteiger partial charge in [0.2, 0.25) is 0 Å². The molecule has 4 heteroatoms. The Morgan fingerprint density at radius 2 is 2.00 bits per heavy atom. The van der Waals surface area contributed by atoms with Gasteiger partial charge in [-0.1, -0.05) is 13.0 Å². The molecule has 0 aliphatic rings. The average Bonchev–Trinajstić information content (AvgIpc) is 2.39. The van der Waals surface area contributed by atoms with E-state index in [0.717, 1.165) is 23.5 Å². The van der Waals surface area contributed by atoms with E-state index in [-0.39, 0.29) is 12.2 Å². The van der Waals surface area contributed by atoms with E-state index in [1.807, 2.05) is 25.1 Å². The summed E-state index contributed by atoms with van der Waals surface area (Å²) in [6.45, 7) is 7.16. The molecule has 2 unspecified atom stereocenters. The zero-order chi connectivity index (χ0) is 14.3. The number of rotatable bonds is 8. The van der Waals surface area contributed by atoms with Crippen LogP contribution in [-0.4, -0.2) is 31.0 Å². The summed E-state index contributed by atoms with van der Waals surface area (Å²) in [6, 6.07) is 5.91.